The molecular weight excluding hydrogens is 393 g/mol. The summed E-state index contributed by atoms with van der Waals surface area (Å²) in [5.41, 5.74) is 3.28. The molecule has 1 heterocycles. The Bertz CT molecular complexity index is 725. The molecule has 1 radical (unpaired) electrons. The maximum absolute atomic E-state index is 12.4. The minimum atomic E-state index is -0.349. The largest absolute Gasteiger partial charge is 0.593 e. The molecule has 0 bridgehead atoms. The Morgan fingerprint density at radius 3 is 2.92 bits per heavy atom. The number of ether oxygens (including phenoxy) is 1. The zero-order chi connectivity index (χ0) is 16.5. The Morgan fingerprint density at radius 2 is 2.12 bits per heavy atom. The molecule has 4 rings (SSSR count). The van der Waals surface area contributed by atoms with E-state index in [1.54, 1.807) is 6.07 Å². The van der Waals surface area contributed by atoms with Crippen LogP contribution in [0.25, 0.3) is 0 Å². The van der Waals surface area contributed by atoms with Crippen molar-refractivity contribution in [3.63, 3.8) is 0 Å². The van der Waals surface area contributed by atoms with Gasteiger partial charge in [0.05, 0.1) is 6.10 Å². The van der Waals surface area contributed by atoms with Gasteiger partial charge in [0.25, 0.3) is 0 Å². The molecule has 0 saturated heterocycles. The molecule has 5 heteroatoms. The van der Waals surface area contributed by atoms with Crippen molar-refractivity contribution in [1.82, 2.24) is 0 Å². The van der Waals surface area contributed by atoms with E-state index in [2.05, 4.69) is 12.3 Å². The van der Waals surface area contributed by atoms with Crippen LogP contribution in [-0.4, -0.2) is 17.5 Å². The number of ketones is 1. The summed E-state index contributed by atoms with van der Waals surface area (Å²) < 4.78 is 10.9. The molecule has 1 saturated carbocycles. The molecule has 3 atom stereocenters. The number of furan rings is 1. The van der Waals surface area contributed by atoms with Crippen molar-refractivity contribution in [3.05, 3.63) is 59.0 Å². The third-order valence-corrected chi connectivity index (χ3v) is 5.26. The topological polar surface area (TPSA) is 59.7 Å². The number of rotatable bonds is 5. The molecular formula is C20H21O4Y-. The third-order valence-electron chi connectivity index (χ3n) is 5.26. The third kappa shape index (κ3) is 3.98. The van der Waals surface area contributed by atoms with Crippen LogP contribution in [0, 0.1) is 12.2 Å². The summed E-state index contributed by atoms with van der Waals surface area (Å²) >= 11 is 0. The van der Waals surface area contributed by atoms with Crippen molar-refractivity contribution < 1.29 is 51.8 Å². The van der Waals surface area contributed by atoms with E-state index in [4.69, 9.17) is 9.15 Å². The van der Waals surface area contributed by atoms with Gasteiger partial charge in [0.15, 0.2) is 0 Å². The minimum Gasteiger partial charge on any atom is -0.593 e. The smallest absolute Gasteiger partial charge is 0.140 e. The number of Topliss-reactive ketones (excluding diaryl/α,β-unsaturated/α-hetero) is 1. The molecule has 0 amide bonds. The van der Waals surface area contributed by atoms with Crippen LogP contribution in [0.5, 0.6) is 0 Å². The van der Waals surface area contributed by atoms with Gasteiger partial charge in [0.2, 0.25) is 0 Å². The Morgan fingerprint density at radius 1 is 1.24 bits per heavy atom. The number of aliphatic hydroxyl groups excluding tert-OH is 1. The van der Waals surface area contributed by atoms with Gasteiger partial charge in [-0.25, -0.2) is 0 Å². The predicted molar refractivity (Wildman–Crippen MR) is 87.4 cm³/mol. The van der Waals surface area contributed by atoms with Crippen LogP contribution in [0.15, 0.2) is 34.7 Å². The normalized spacial score (nSPS) is 25.0. The molecule has 1 aromatic carbocycles. The van der Waals surface area contributed by atoms with Gasteiger partial charge in [-0.15, -0.1) is 6.07 Å². The summed E-state index contributed by atoms with van der Waals surface area (Å²) in [5, 5.41) is 9.95. The molecule has 25 heavy (non-hydrogen) atoms. The SMILES string of the molecule is O=C1CCC(COCc2cc[c-]o2)C1c1ccc2c(c1)CCC2O.[Y]. The first kappa shape index (κ1) is 19.0. The predicted octanol–water partition coefficient (Wildman–Crippen LogP) is 3.34. The molecule has 3 unspecified atom stereocenters. The number of carbonyl (C=O) groups is 1. The van der Waals surface area contributed by atoms with E-state index < -0.39 is 0 Å². The Kier molecular flexibility index (Phi) is 6.27. The standard InChI is InChI=1S/C20H21O4.Y/c21-18-7-4-13-10-14(3-6-17(13)18)20-15(5-8-19(20)22)11-23-12-16-2-1-9-24-16;/h1-3,6,10,15,18,20-21H,4-5,7-8,11-12H2;/q-1;. The number of aliphatic hydroxyl groups is 1. The quantitative estimate of drug-likeness (QED) is 0.763. The molecule has 4 nitrogen and oxygen atoms in total. The van der Waals surface area contributed by atoms with Gasteiger partial charge in [-0.3, -0.25) is 4.79 Å². The summed E-state index contributed by atoms with van der Waals surface area (Å²) in [6.45, 7) is 0.966. The number of carbonyl (C=O) groups excluding carboxylic acids is 1. The zero-order valence-electron chi connectivity index (χ0n) is 14.1. The van der Waals surface area contributed by atoms with Crippen molar-refractivity contribution in [2.24, 2.45) is 5.92 Å². The summed E-state index contributed by atoms with van der Waals surface area (Å²) in [7, 11) is 0. The first-order valence-corrected chi connectivity index (χ1v) is 8.58. The average molecular weight is 414 g/mol. The van der Waals surface area contributed by atoms with E-state index >= 15 is 0 Å². The summed E-state index contributed by atoms with van der Waals surface area (Å²) in [5.74, 6) is 1.17. The number of hydrogen-bond donors (Lipinski definition) is 1. The summed E-state index contributed by atoms with van der Waals surface area (Å²) in [4.78, 5) is 12.4. The van der Waals surface area contributed by atoms with E-state index in [1.807, 2.05) is 18.2 Å². The molecule has 1 aromatic heterocycles. The molecule has 0 spiro atoms. The van der Waals surface area contributed by atoms with Crippen molar-refractivity contribution >= 4 is 5.78 Å². The Hall–Kier alpha value is -0.806. The van der Waals surface area contributed by atoms with Crippen molar-refractivity contribution in [3.8, 4) is 0 Å². The monoisotopic (exact) mass is 414 g/mol. The van der Waals surface area contributed by atoms with Gasteiger partial charge < -0.3 is 14.3 Å². The van der Waals surface area contributed by atoms with Crippen molar-refractivity contribution in [2.75, 3.05) is 6.61 Å². The number of benzene rings is 1. The van der Waals surface area contributed by atoms with Crippen molar-refractivity contribution in [1.29, 1.82) is 0 Å². The van der Waals surface area contributed by atoms with Gasteiger partial charge in [-0.2, -0.15) is 6.07 Å². The molecule has 129 valence electrons. The van der Waals surface area contributed by atoms with Gasteiger partial charge in [-0.1, -0.05) is 18.2 Å². The fourth-order valence-electron chi connectivity index (χ4n) is 4.02. The number of hydrogen-bond acceptors (Lipinski definition) is 4. The maximum atomic E-state index is 12.4. The van der Waals surface area contributed by atoms with Gasteiger partial charge in [-0.05, 0) is 53.9 Å². The van der Waals surface area contributed by atoms with E-state index in [9.17, 15) is 9.90 Å². The van der Waals surface area contributed by atoms with Gasteiger partial charge >= 0.3 is 0 Å². The first-order chi connectivity index (χ1) is 11.7. The second kappa shape index (κ2) is 8.26. The molecule has 2 aliphatic rings. The minimum absolute atomic E-state index is 0. The molecule has 0 aliphatic heterocycles. The fourth-order valence-corrected chi connectivity index (χ4v) is 4.02. The van der Waals surface area contributed by atoms with Crippen LogP contribution in [-0.2, 0) is 55.3 Å². The van der Waals surface area contributed by atoms with Gasteiger partial charge in [0, 0.05) is 58.3 Å². The first-order valence-electron chi connectivity index (χ1n) is 8.58. The molecule has 2 aliphatic carbocycles. The van der Waals surface area contributed by atoms with E-state index in [0.717, 1.165) is 36.1 Å². The Balaban J connectivity index is 0.00000182. The van der Waals surface area contributed by atoms with Crippen LogP contribution in [0.4, 0.5) is 0 Å². The Labute approximate surface area is 172 Å². The van der Waals surface area contributed by atoms with Crippen LogP contribution in [0.1, 0.15) is 53.7 Å². The van der Waals surface area contributed by atoms with Gasteiger partial charge in [0.1, 0.15) is 5.78 Å². The molecule has 1 fully saturated rings. The second-order valence-electron chi connectivity index (χ2n) is 6.79. The van der Waals surface area contributed by atoms with E-state index in [1.165, 1.54) is 5.56 Å². The second-order valence-corrected chi connectivity index (χ2v) is 6.79. The summed E-state index contributed by atoms with van der Waals surface area (Å²) in [6, 6.07) is 9.68. The van der Waals surface area contributed by atoms with Crippen LogP contribution < -0.4 is 0 Å². The fraction of sp³-hybridized carbons (Fsp3) is 0.450. The van der Waals surface area contributed by atoms with Crippen LogP contribution >= 0.6 is 0 Å². The zero-order valence-corrected chi connectivity index (χ0v) is 16.9. The summed E-state index contributed by atoms with van der Waals surface area (Å²) in [6.07, 6.45) is 5.46. The molecule has 1 N–H and O–H groups in total. The van der Waals surface area contributed by atoms with E-state index in [0.29, 0.717) is 25.4 Å². The molecule has 2 aromatic rings. The van der Waals surface area contributed by atoms with Crippen LogP contribution in [0.3, 0.4) is 0 Å². The number of fused-ring (bicyclic) bond motifs is 1. The average Bonchev–Trinajstić information content (AvgIpc) is 3.30. The van der Waals surface area contributed by atoms with Crippen LogP contribution in [0.2, 0.25) is 0 Å². The van der Waals surface area contributed by atoms with E-state index in [-0.39, 0.29) is 50.6 Å². The number of aryl methyl sites for hydroxylation is 1. The maximum Gasteiger partial charge on any atom is 0.140 e. The van der Waals surface area contributed by atoms with Crippen molar-refractivity contribution in [2.45, 2.75) is 44.3 Å².